The number of aliphatic carboxylic acids is 1. The number of rotatable bonds is 36. The van der Waals surface area contributed by atoms with Crippen molar-refractivity contribution < 1.29 is 19.4 Å². The van der Waals surface area contributed by atoms with Crippen LogP contribution in [0.15, 0.2) is 12.2 Å². The van der Waals surface area contributed by atoms with E-state index in [9.17, 15) is 9.59 Å². The van der Waals surface area contributed by atoms with Gasteiger partial charge in [-0.2, -0.15) is 0 Å². The highest BCUT2D eigenvalue weighted by Crippen LogP contribution is 2.19. The summed E-state index contributed by atoms with van der Waals surface area (Å²) >= 11 is 0. The van der Waals surface area contributed by atoms with Crippen molar-refractivity contribution in [2.24, 2.45) is 0 Å². The van der Waals surface area contributed by atoms with Gasteiger partial charge in [-0.25, -0.2) is 0 Å². The maximum Gasteiger partial charge on any atom is 0.306 e. The van der Waals surface area contributed by atoms with Crippen molar-refractivity contribution in [1.29, 1.82) is 0 Å². The van der Waals surface area contributed by atoms with Crippen molar-refractivity contribution in [3.8, 4) is 0 Å². The molecule has 0 radical (unpaired) electrons. The van der Waals surface area contributed by atoms with Crippen LogP contribution in [0.5, 0.6) is 0 Å². The van der Waals surface area contributed by atoms with Gasteiger partial charge in [0.25, 0.3) is 0 Å². The lowest BCUT2D eigenvalue weighted by Gasteiger charge is -2.18. The lowest BCUT2D eigenvalue weighted by Crippen LogP contribution is -2.18. The van der Waals surface area contributed by atoms with E-state index in [1.54, 1.807) is 0 Å². The van der Waals surface area contributed by atoms with Crippen molar-refractivity contribution in [3.05, 3.63) is 12.2 Å². The molecule has 0 aromatic carbocycles. The Kier molecular flexibility index (Phi) is 35.1. The zero-order chi connectivity index (χ0) is 32.2. The second kappa shape index (κ2) is 36.2. The number of ether oxygens (including phenoxy) is 1. The molecule has 0 fully saturated rings. The van der Waals surface area contributed by atoms with Crippen molar-refractivity contribution in [2.75, 3.05) is 0 Å². The predicted octanol–water partition coefficient (Wildman–Crippen LogP) is 13.5. The molecule has 0 saturated heterocycles. The smallest absolute Gasteiger partial charge is 0.306 e. The Balaban J connectivity index is 3.82. The highest BCUT2D eigenvalue weighted by atomic mass is 16.5. The fraction of sp³-hybridized carbons (Fsp3) is 0.900. The summed E-state index contributed by atoms with van der Waals surface area (Å²) in [6.45, 7) is 4.53. The summed E-state index contributed by atoms with van der Waals surface area (Å²) in [5.74, 6) is -0.682. The maximum absolute atomic E-state index is 12.6. The third kappa shape index (κ3) is 35.2. The number of allylic oxidation sites excluding steroid dienone is 2. The lowest BCUT2D eigenvalue weighted by molar-refractivity contribution is -0.150. The van der Waals surface area contributed by atoms with Crippen LogP contribution in [0.25, 0.3) is 0 Å². The van der Waals surface area contributed by atoms with E-state index >= 15 is 0 Å². The van der Waals surface area contributed by atoms with Gasteiger partial charge in [-0.3, -0.25) is 9.59 Å². The molecule has 0 aliphatic heterocycles. The van der Waals surface area contributed by atoms with Gasteiger partial charge in [-0.1, -0.05) is 161 Å². The molecule has 4 nitrogen and oxygen atoms in total. The number of unbranched alkanes of at least 4 members (excludes halogenated alkanes) is 25. The van der Waals surface area contributed by atoms with Crippen LogP contribution in [0.2, 0.25) is 0 Å². The van der Waals surface area contributed by atoms with E-state index in [1.165, 1.54) is 128 Å². The molecular weight excluding hydrogens is 544 g/mol. The fourth-order valence-electron chi connectivity index (χ4n) is 6.06. The Labute approximate surface area is 275 Å². The number of hydrogen-bond acceptors (Lipinski definition) is 3. The first kappa shape index (κ1) is 42.7. The number of carbonyl (C=O) groups excluding carboxylic acids is 1. The van der Waals surface area contributed by atoms with E-state index in [0.717, 1.165) is 70.6 Å². The van der Waals surface area contributed by atoms with Crippen LogP contribution in [0.1, 0.15) is 226 Å². The summed E-state index contributed by atoms with van der Waals surface area (Å²) in [5, 5.41) is 8.76. The number of carboxylic acid groups (broad SMARTS) is 1. The molecule has 0 heterocycles. The van der Waals surface area contributed by atoms with Crippen LogP contribution in [0.3, 0.4) is 0 Å². The summed E-state index contributed by atoms with van der Waals surface area (Å²) in [6.07, 6.45) is 43.8. The molecule has 1 atom stereocenters. The van der Waals surface area contributed by atoms with Crippen LogP contribution < -0.4 is 0 Å². The Morgan fingerprint density at radius 3 is 1.23 bits per heavy atom. The van der Waals surface area contributed by atoms with Gasteiger partial charge in [-0.15, -0.1) is 0 Å². The molecule has 0 amide bonds. The van der Waals surface area contributed by atoms with Crippen LogP contribution in [-0.4, -0.2) is 23.1 Å². The highest BCUT2D eigenvalue weighted by Gasteiger charge is 2.14. The summed E-state index contributed by atoms with van der Waals surface area (Å²) in [7, 11) is 0. The Morgan fingerprint density at radius 1 is 0.477 bits per heavy atom. The Hall–Kier alpha value is -1.32. The average Bonchev–Trinajstić information content (AvgIpc) is 3.01. The van der Waals surface area contributed by atoms with Crippen molar-refractivity contribution in [3.63, 3.8) is 0 Å². The molecule has 1 unspecified atom stereocenters. The van der Waals surface area contributed by atoms with E-state index in [1.807, 2.05) is 0 Å². The highest BCUT2D eigenvalue weighted by molar-refractivity contribution is 5.69. The summed E-state index contributed by atoms with van der Waals surface area (Å²) < 4.78 is 5.98. The van der Waals surface area contributed by atoms with Gasteiger partial charge in [0, 0.05) is 12.8 Å². The SMILES string of the molecule is CCCCCCCC/C=C\CCCCCCCCCCCC(=O)OC(CCCCCCCC)CCCCCCCCC(=O)O. The minimum atomic E-state index is -0.692. The van der Waals surface area contributed by atoms with Gasteiger partial charge in [0.1, 0.15) is 6.10 Å². The third-order valence-electron chi connectivity index (χ3n) is 8.99. The lowest BCUT2D eigenvalue weighted by atomic mass is 10.0. The normalized spacial score (nSPS) is 12.2. The topological polar surface area (TPSA) is 63.6 Å². The molecule has 0 aromatic rings. The molecule has 0 aliphatic rings. The Morgan fingerprint density at radius 2 is 0.818 bits per heavy atom. The standard InChI is InChI=1S/C40H76O4/c1-3-5-7-9-11-12-13-14-15-16-17-18-19-20-21-22-23-29-33-37-40(43)44-38(34-30-26-10-8-6-4-2)35-31-27-24-25-28-32-36-39(41)42/h14-15,38H,3-13,16-37H2,1-2H3,(H,41,42)/b15-14-. The number of carboxylic acids is 1. The number of hydrogen-bond donors (Lipinski definition) is 1. The van der Waals surface area contributed by atoms with Gasteiger partial charge in [0.05, 0.1) is 0 Å². The zero-order valence-corrected chi connectivity index (χ0v) is 29.7. The van der Waals surface area contributed by atoms with E-state index < -0.39 is 5.97 Å². The van der Waals surface area contributed by atoms with E-state index in [2.05, 4.69) is 26.0 Å². The molecule has 44 heavy (non-hydrogen) atoms. The zero-order valence-electron chi connectivity index (χ0n) is 29.7. The van der Waals surface area contributed by atoms with Gasteiger partial charge < -0.3 is 9.84 Å². The molecule has 0 rings (SSSR count). The number of esters is 1. The molecular formula is C40H76O4. The minimum Gasteiger partial charge on any atom is -0.481 e. The molecule has 0 aromatic heterocycles. The first-order chi connectivity index (χ1) is 21.6. The predicted molar refractivity (Wildman–Crippen MR) is 190 cm³/mol. The quantitative estimate of drug-likeness (QED) is 0.0430. The van der Waals surface area contributed by atoms with Crippen LogP contribution >= 0.6 is 0 Å². The Bertz CT molecular complexity index is 629. The monoisotopic (exact) mass is 621 g/mol. The first-order valence-corrected chi connectivity index (χ1v) is 19.7. The van der Waals surface area contributed by atoms with Crippen LogP contribution in [0.4, 0.5) is 0 Å². The molecule has 0 spiro atoms. The fourth-order valence-corrected chi connectivity index (χ4v) is 6.06. The number of carbonyl (C=O) groups is 2. The van der Waals surface area contributed by atoms with Crippen molar-refractivity contribution >= 4 is 11.9 Å². The van der Waals surface area contributed by atoms with Gasteiger partial charge >= 0.3 is 11.9 Å². The van der Waals surface area contributed by atoms with Crippen LogP contribution in [0, 0.1) is 0 Å². The van der Waals surface area contributed by atoms with E-state index in [4.69, 9.17) is 9.84 Å². The maximum atomic E-state index is 12.6. The first-order valence-electron chi connectivity index (χ1n) is 19.7. The largest absolute Gasteiger partial charge is 0.481 e. The summed E-state index contributed by atoms with van der Waals surface area (Å²) in [4.78, 5) is 23.2. The van der Waals surface area contributed by atoms with Crippen molar-refractivity contribution in [2.45, 2.75) is 232 Å². The van der Waals surface area contributed by atoms with Crippen LogP contribution in [-0.2, 0) is 14.3 Å². The van der Waals surface area contributed by atoms with Crippen molar-refractivity contribution in [1.82, 2.24) is 0 Å². The van der Waals surface area contributed by atoms with E-state index in [-0.39, 0.29) is 18.5 Å². The molecule has 1 N–H and O–H groups in total. The van der Waals surface area contributed by atoms with Gasteiger partial charge in [0.15, 0.2) is 0 Å². The second-order valence-electron chi connectivity index (χ2n) is 13.5. The van der Waals surface area contributed by atoms with Gasteiger partial charge in [0.2, 0.25) is 0 Å². The molecule has 4 heteroatoms. The summed E-state index contributed by atoms with van der Waals surface area (Å²) in [6, 6.07) is 0. The second-order valence-corrected chi connectivity index (χ2v) is 13.5. The molecule has 0 aliphatic carbocycles. The minimum absolute atomic E-state index is 0.00989. The molecule has 0 bridgehead atoms. The van der Waals surface area contributed by atoms with E-state index in [0.29, 0.717) is 6.42 Å². The van der Waals surface area contributed by atoms with Gasteiger partial charge in [-0.05, 0) is 64.2 Å². The molecule has 0 saturated carbocycles. The summed E-state index contributed by atoms with van der Waals surface area (Å²) in [5.41, 5.74) is 0. The average molecular weight is 621 g/mol. The molecule has 260 valence electrons. The third-order valence-corrected chi connectivity index (χ3v) is 8.99.